The Hall–Kier alpha value is -1.75. The quantitative estimate of drug-likeness (QED) is 0.427. The molecule has 0 aliphatic rings. The van der Waals surface area contributed by atoms with Crippen molar-refractivity contribution in [1.29, 1.82) is 0 Å². The van der Waals surface area contributed by atoms with E-state index in [1.165, 1.54) is 6.20 Å². The maximum atomic E-state index is 10.8. The molecule has 0 saturated carbocycles. The monoisotopic (exact) mass is 324 g/mol. The lowest BCUT2D eigenvalue weighted by molar-refractivity contribution is -0.132. The maximum absolute atomic E-state index is 10.8. The number of carbonyl (C=O) groups excluding carboxylic acids is 1. The normalized spacial score (nSPS) is 11.4. The van der Waals surface area contributed by atoms with Crippen LogP contribution in [0, 0.1) is 0 Å². The van der Waals surface area contributed by atoms with Crippen molar-refractivity contribution in [3.05, 3.63) is 24.4 Å². The summed E-state index contributed by atoms with van der Waals surface area (Å²) in [6, 6.07) is 0. The number of rotatable bonds is 7. The molecular formula is C11H20N2O7S. The first-order chi connectivity index (χ1) is 9.53. The first kappa shape index (κ1) is 21.5. The molecule has 0 rings (SSSR count). The number of hydrogen-bond donors (Lipinski definition) is 3. The van der Waals surface area contributed by atoms with Gasteiger partial charge in [0.2, 0.25) is 5.91 Å². The highest BCUT2D eigenvalue weighted by Crippen LogP contribution is 2.00. The van der Waals surface area contributed by atoms with E-state index in [1.807, 2.05) is 19.0 Å². The van der Waals surface area contributed by atoms with Crippen LogP contribution in [0.3, 0.4) is 0 Å². The van der Waals surface area contributed by atoms with E-state index in [4.69, 9.17) is 9.66 Å². The second kappa shape index (κ2) is 11.0. The van der Waals surface area contributed by atoms with Crippen molar-refractivity contribution in [2.75, 3.05) is 27.7 Å². The molecule has 21 heavy (non-hydrogen) atoms. The molecule has 1 amide bonds. The molecule has 0 bridgehead atoms. The zero-order chi connectivity index (χ0) is 17.1. The SMILES string of the molecule is C=CC(=O)NC=C(CCN(C)C)C(=O)O.COS(=O)(=O)O. The lowest BCUT2D eigenvalue weighted by Crippen LogP contribution is -2.19. The fraction of sp³-hybridized carbons (Fsp3) is 0.455. The predicted molar refractivity (Wildman–Crippen MR) is 75.8 cm³/mol. The van der Waals surface area contributed by atoms with Gasteiger partial charge in [0.05, 0.1) is 12.7 Å². The molecule has 0 aliphatic carbocycles. The van der Waals surface area contributed by atoms with Crippen molar-refractivity contribution in [3.8, 4) is 0 Å². The minimum atomic E-state index is -4.16. The lowest BCUT2D eigenvalue weighted by Gasteiger charge is -2.09. The van der Waals surface area contributed by atoms with Gasteiger partial charge in [-0.3, -0.25) is 13.5 Å². The van der Waals surface area contributed by atoms with Crippen LogP contribution in [0.2, 0.25) is 0 Å². The number of hydrogen-bond acceptors (Lipinski definition) is 6. The lowest BCUT2D eigenvalue weighted by atomic mass is 10.2. The summed E-state index contributed by atoms with van der Waals surface area (Å²) in [4.78, 5) is 23.4. The third kappa shape index (κ3) is 16.2. The molecule has 0 heterocycles. The van der Waals surface area contributed by atoms with Gasteiger partial charge in [0.1, 0.15) is 0 Å². The van der Waals surface area contributed by atoms with Crippen molar-refractivity contribution in [2.24, 2.45) is 0 Å². The highest BCUT2D eigenvalue weighted by molar-refractivity contribution is 7.80. The van der Waals surface area contributed by atoms with Gasteiger partial charge < -0.3 is 15.3 Å². The van der Waals surface area contributed by atoms with Gasteiger partial charge in [-0.25, -0.2) is 4.79 Å². The van der Waals surface area contributed by atoms with E-state index in [0.29, 0.717) is 13.0 Å². The highest BCUT2D eigenvalue weighted by Gasteiger charge is 2.07. The Morgan fingerprint density at radius 2 is 1.86 bits per heavy atom. The first-order valence-electron chi connectivity index (χ1n) is 5.56. The molecule has 0 fully saturated rings. The summed E-state index contributed by atoms with van der Waals surface area (Å²) in [5.41, 5.74) is 0.166. The van der Waals surface area contributed by atoms with Gasteiger partial charge in [0, 0.05) is 12.7 Å². The molecule has 0 aromatic rings. The van der Waals surface area contributed by atoms with Gasteiger partial charge >= 0.3 is 16.4 Å². The van der Waals surface area contributed by atoms with Crippen molar-refractivity contribution in [2.45, 2.75) is 6.42 Å². The average molecular weight is 324 g/mol. The van der Waals surface area contributed by atoms with E-state index in [0.717, 1.165) is 13.2 Å². The summed E-state index contributed by atoms with van der Waals surface area (Å²) in [6.45, 7) is 3.87. The number of carboxylic acids is 1. The van der Waals surface area contributed by atoms with Crippen LogP contribution in [0.25, 0.3) is 0 Å². The molecule has 0 aliphatic heterocycles. The third-order valence-corrected chi connectivity index (χ3v) is 2.31. The predicted octanol–water partition coefficient (Wildman–Crippen LogP) is -0.356. The van der Waals surface area contributed by atoms with Crippen LogP contribution in [0.4, 0.5) is 0 Å². The van der Waals surface area contributed by atoms with Crippen molar-refractivity contribution in [3.63, 3.8) is 0 Å². The Morgan fingerprint density at radius 3 is 2.14 bits per heavy atom. The van der Waals surface area contributed by atoms with Gasteiger partial charge in [-0.1, -0.05) is 6.58 Å². The van der Waals surface area contributed by atoms with Crippen molar-refractivity contribution >= 4 is 22.3 Å². The van der Waals surface area contributed by atoms with Crippen LogP contribution in [0.1, 0.15) is 6.42 Å². The van der Waals surface area contributed by atoms with Crippen molar-refractivity contribution in [1.82, 2.24) is 10.2 Å². The molecule has 0 aromatic heterocycles. The number of aliphatic carboxylic acids is 1. The van der Waals surface area contributed by atoms with Crippen LogP contribution in [0.15, 0.2) is 24.4 Å². The van der Waals surface area contributed by atoms with Crippen LogP contribution >= 0.6 is 0 Å². The molecule has 0 unspecified atom stereocenters. The van der Waals surface area contributed by atoms with E-state index in [2.05, 4.69) is 16.1 Å². The minimum absolute atomic E-state index is 0.166. The van der Waals surface area contributed by atoms with Crippen LogP contribution in [0.5, 0.6) is 0 Å². The molecule has 3 N–H and O–H groups in total. The van der Waals surface area contributed by atoms with Crippen LogP contribution < -0.4 is 5.32 Å². The van der Waals surface area contributed by atoms with Crippen LogP contribution in [-0.4, -0.2) is 62.6 Å². The largest absolute Gasteiger partial charge is 0.478 e. The Labute approximate surface area is 123 Å². The fourth-order valence-corrected chi connectivity index (χ4v) is 0.802. The number of carbonyl (C=O) groups is 2. The molecule has 9 nitrogen and oxygen atoms in total. The molecule has 0 spiro atoms. The minimum Gasteiger partial charge on any atom is -0.478 e. The molecule has 0 saturated heterocycles. The summed E-state index contributed by atoms with van der Waals surface area (Å²) in [5, 5.41) is 11.1. The summed E-state index contributed by atoms with van der Waals surface area (Å²) in [5.74, 6) is -1.44. The second-order valence-electron chi connectivity index (χ2n) is 3.84. The zero-order valence-corrected chi connectivity index (χ0v) is 12.9. The number of carboxylic acid groups (broad SMARTS) is 1. The Morgan fingerprint density at radius 1 is 1.38 bits per heavy atom. The third-order valence-electron chi connectivity index (χ3n) is 1.89. The summed E-state index contributed by atoms with van der Waals surface area (Å²) in [6.07, 6.45) is 2.66. The Kier molecular flexibility index (Phi) is 11.3. The number of nitrogens with zero attached hydrogens (tertiary/aromatic N) is 1. The topological polar surface area (TPSA) is 133 Å². The van der Waals surface area contributed by atoms with Crippen LogP contribution in [-0.2, 0) is 24.2 Å². The van der Waals surface area contributed by atoms with E-state index in [-0.39, 0.29) is 5.57 Å². The fourth-order valence-electron chi connectivity index (χ4n) is 0.802. The first-order valence-corrected chi connectivity index (χ1v) is 6.93. The molecule has 0 radical (unpaired) electrons. The molecule has 0 aromatic carbocycles. The van der Waals surface area contributed by atoms with E-state index < -0.39 is 22.3 Å². The van der Waals surface area contributed by atoms with E-state index in [9.17, 15) is 18.0 Å². The summed E-state index contributed by atoms with van der Waals surface area (Å²) >= 11 is 0. The smallest absolute Gasteiger partial charge is 0.397 e. The average Bonchev–Trinajstić information content (AvgIpc) is 2.37. The maximum Gasteiger partial charge on any atom is 0.397 e. The standard InChI is InChI=1S/C10H16N2O3.CH4O4S/c1-4-9(13)11-7-8(10(14)15)5-6-12(2)3;1-5-6(2,3)4/h4,7H,1,5-6H2,2-3H3,(H,11,13)(H,14,15);1H3,(H,2,3,4). The van der Waals surface area contributed by atoms with Crippen molar-refractivity contribution < 1.29 is 31.8 Å². The molecule has 122 valence electrons. The van der Waals surface area contributed by atoms with Gasteiger partial charge in [-0.15, -0.1) is 0 Å². The number of amides is 1. The van der Waals surface area contributed by atoms with E-state index >= 15 is 0 Å². The van der Waals surface area contributed by atoms with Gasteiger partial charge in [0.15, 0.2) is 0 Å². The highest BCUT2D eigenvalue weighted by atomic mass is 32.3. The summed E-state index contributed by atoms with van der Waals surface area (Å²) in [7, 11) is 0.406. The second-order valence-corrected chi connectivity index (χ2v) is 5.02. The number of nitrogens with one attached hydrogen (secondary N) is 1. The zero-order valence-electron chi connectivity index (χ0n) is 12.1. The molecule has 0 atom stereocenters. The molecular weight excluding hydrogens is 304 g/mol. The van der Waals surface area contributed by atoms with E-state index in [1.54, 1.807) is 0 Å². The van der Waals surface area contributed by atoms with Gasteiger partial charge in [0.25, 0.3) is 0 Å². The Balaban J connectivity index is 0. The summed E-state index contributed by atoms with van der Waals surface area (Å²) < 4.78 is 29.7. The molecule has 10 heteroatoms. The Bertz CT molecular complexity index is 483. The van der Waals surface area contributed by atoms with Gasteiger partial charge in [-0.2, -0.15) is 8.42 Å². The van der Waals surface area contributed by atoms with Gasteiger partial charge in [-0.05, 0) is 26.6 Å².